The van der Waals surface area contributed by atoms with Gasteiger partial charge in [-0.25, -0.2) is 0 Å². The molecule has 4 rings (SSSR count). The van der Waals surface area contributed by atoms with E-state index in [1.165, 1.54) is 5.56 Å². The van der Waals surface area contributed by atoms with Gasteiger partial charge < -0.3 is 18.8 Å². The Labute approximate surface area is 183 Å². The van der Waals surface area contributed by atoms with Gasteiger partial charge in [0.2, 0.25) is 6.79 Å². The monoisotopic (exact) mass is 420 g/mol. The Morgan fingerprint density at radius 1 is 0.839 bits per heavy atom. The predicted molar refractivity (Wildman–Crippen MR) is 118 cm³/mol. The number of carbonyl (C=O) groups is 1. The molecule has 1 aliphatic heterocycles. The lowest BCUT2D eigenvalue weighted by molar-refractivity contribution is 0.0736. The summed E-state index contributed by atoms with van der Waals surface area (Å²) in [6.07, 6.45) is 0. The number of benzene rings is 2. The molecule has 0 radical (unpaired) electrons. The molecule has 31 heavy (non-hydrogen) atoms. The Bertz CT molecular complexity index is 1010. The summed E-state index contributed by atoms with van der Waals surface area (Å²) < 4.78 is 16.9. The van der Waals surface area contributed by atoms with E-state index in [4.69, 9.17) is 13.9 Å². The van der Waals surface area contributed by atoms with Crippen LogP contribution >= 0.6 is 0 Å². The minimum atomic E-state index is -0.0679. The van der Waals surface area contributed by atoms with Crippen LogP contribution in [0.4, 0.5) is 0 Å². The van der Waals surface area contributed by atoms with Crippen molar-refractivity contribution in [3.8, 4) is 11.5 Å². The van der Waals surface area contributed by atoms with Crippen molar-refractivity contribution in [2.24, 2.45) is 0 Å². The summed E-state index contributed by atoms with van der Waals surface area (Å²) in [4.78, 5) is 16.6. The summed E-state index contributed by atoms with van der Waals surface area (Å²) in [5.41, 5.74) is 2.35. The number of amides is 1. The predicted octanol–water partition coefficient (Wildman–Crippen LogP) is 4.69. The molecule has 0 bridgehead atoms. The SMILES string of the molecule is CCN(CC)C(=O)c1ccc(CN(Cc2ccccc2)Cc2ccc3c(c2)OCO3)o1. The summed E-state index contributed by atoms with van der Waals surface area (Å²) in [5.74, 6) is 2.65. The molecule has 0 atom stereocenters. The highest BCUT2D eigenvalue weighted by Gasteiger charge is 2.19. The normalized spacial score (nSPS) is 12.4. The molecule has 6 heteroatoms. The molecule has 0 unspecified atom stereocenters. The second-order valence-electron chi connectivity index (χ2n) is 7.56. The van der Waals surface area contributed by atoms with E-state index in [1.807, 2.05) is 50.2 Å². The molecule has 3 aromatic rings. The van der Waals surface area contributed by atoms with Crippen LogP contribution in [0.25, 0.3) is 0 Å². The van der Waals surface area contributed by atoms with E-state index in [-0.39, 0.29) is 12.7 Å². The van der Waals surface area contributed by atoms with Crippen LogP contribution in [0.3, 0.4) is 0 Å². The minimum Gasteiger partial charge on any atom is -0.455 e. The molecule has 1 aliphatic rings. The first-order valence-electron chi connectivity index (χ1n) is 10.7. The highest BCUT2D eigenvalue weighted by Crippen LogP contribution is 2.33. The Morgan fingerprint density at radius 2 is 1.58 bits per heavy atom. The van der Waals surface area contributed by atoms with Crippen molar-refractivity contribution in [1.82, 2.24) is 9.80 Å². The maximum Gasteiger partial charge on any atom is 0.289 e. The molecule has 0 aliphatic carbocycles. The Kier molecular flexibility index (Phi) is 6.57. The lowest BCUT2D eigenvalue weighted by Crippen LogP contribution is -2.30. The topological polar surface area (TPSA) is 55.2 Å². The van der Waals surface area contributed by atoms with E-state index in [1.54, 1.807) is 11.0 Å². The highest BCUT2D eigenvalue weighted by atomic mass is 16.7. The van der Waals surface area contributed by atoms with E-state index in [0.717, 1.165) is 29.4 Å². The van der Waals surface area contributed by atoms with Gasteiger partial charge in [0.15, 0.2) is 17.3 Å². The lowest BCUT2D eigenvalue weighted by Gasteiger charge is -2.22. The van der Waals surface area contributed by atoms with Crippen LogP contribution < -0.4 is 9.47 Å². The largest absolute Gasteiger partial charge is 0.455 e. The van der Waals surface area contributed by atoms with Crippen LogP contribution in [0.1, 0.15) is 41.3 Å². The average Bonchev–Trinajstić information content (AvgIpc) is 3.44. The summed E-state index contributed by atoms with van der Waals surface area (Å²) in [6.45, 7) is 7.60. The van der Waals surface area contributed by atoms with Gasteiger partial charge in [0, 0.05) is 26.2 Å². The third-order valence-corrected chi connectivity index (χ3v) is 5.39. The van der Waals surface area contributed by atoms with E-state index in [9.17, 15) is 4.79 Å². The Hall–Kier alpha value is -3.25. The first-order valence-corrected chi connectivity index (χ1v) is 10.7. The fourth-order valence-corrected chi connectivity index (χ4v) is 3.77. The second kappa shape index (κ2) is 9.71. The third-order valence-electron chi connectivity index (χ3n) is 5.39. The van der Waals surface area contributed by atoms with Gasteiger partial charge in [-0.15, -0.1) is 0 Å². The van der Waals surface area contributed by atoms with Crippen LogP contribution in [0.2, 0.25) is 0 Å². The van der Waals surface area contributed by atoms with Crippen molar-refractivity contribution in [1.29, 1.82) is 0 Å². The molecule has 1 aromatic heterocycles. The quantitative estimate of drug-likeness (QED) is 0.503. The number of rotatable bonds is 9. The molecule has 2 heterocycles. The molecule has 162 valence electrons. The maximum atomic E-state index is 12.6. The number of hydrogen-bond donors (Lipinski definition) is 0. The van der Waals surface area contributed by atoms with E-state index < -0.39 is 0 Å². The second-order valence-corrected chi connectivity index (χ2v) is 7.56. The Balaban J connectivity index is 1.51. The van der Waals surface area contributed by atoms with Gasteiger partial charge in [-0.05, 0) is 49.2 Å². The van der Waals surface area contributed by atoms with Gasteiger partial charge in [0.25, 0.3) is 5.91 Å². The van der Waals surface area contributed by atoms with Crippen LogP contribution in [-0.4, -0.2) is 35.6 Å². The van der Waals surface area contributed by atoms with Gasteiger partial charge in [-0.3, -0.25) is 9.69 Å². The lowest BCUT2D eigenvalue weighted by atomic mass is 10.1. The number of hydrogen-bond acceptors (Lipinski definition) is 5. The zero-order chi connectivity index (χ0) is 21.6. The van der Waals surface area contributed by atoms with Crippen LogP contribution in [-0.2, 0) is 19.6 Å². The summed E-state index contributed by atoms with van der Waals surface area (Å²) in [6, 6.07) is 20.0. The zero-order valence-corrected chi connectivity index (χ0v) is 18.0. The van der Waals surface area contributed by atoms with E-state index in [2.05, 4.69) is 23.1 Å². The Morgan fingerprint density at radius 3 is 2.35 bits per heavy atom. The molecular formula is C25H28N2O4. The van der Waals surface area contributed by atoms with Crippen molar-refractivity contribution >= 4 is 5.91 Å². The van der Waals surface area contributed by atoms with Crippen molar-refractivity contribution in [3.05, 3.63) is 83.3 Å². The van der Waals surface area contributed by atoms with Gasteiger partial charge in [-0.2, -0.15) is 0 Å². The standard InChI is InChI=1S/C25H28N2O4/c1-3-27(4-2)25(28)23-13-11-21(31-23)17-26(15-19-8-6-5-7-9-19)16-20-10-12-22-24(14-20)30-18-29-22/h5-14H,3-4,15-18H2,1-2H3. The maximum absolute atomic E-state index is 12.6. The molecule has 0 N–H and O–H groups in total. The number of furan rings is 1. The third kappa shape index (κ3) is 5.09. The number of fused-ring (bicyclic) bond motifs is 1. The zero-order valence-electron chi connectivity index (χ0n) is 18.0. The van der Waals surface area contributed by atoms with Gasteiger partial charge >= 0.3 is 0 Å². The molecular weight excluding hydrogens is 392 g/mol. The smallest absolute Gasteiger partial charge is 0.289 e. The number of carbonyl (C=O) groups excluding carboxylic acids is 1. The van der Waals surface area contributed by atoms with Crippen molar-refractivity contribution in [2.45, 2.75) is 33.5 Å². The fraction of sp³-hybridized carbons (Fsp3) is 0.320. The molecule has 1 amide bonds. The summed E-state index contributed by atoms with van der Waals surface area (Å²) >= 11 is 0. The van der Waals surface area contributed by atoms with Crippen LogP contribution in [0.15, 0.2) is 65.1 Å². The van der Waals surface area contributed by atoms with Crippen LogP contribution in [0, 0.1) is 0 Å². The summed E-state index contributed by atoms with van der Waals surface area (Å²) in [5, 5.41) is 0. The van der Waals surface area contributed by atoms with Gasteiger partial charge in [0.1, 0.15) is 5.76 Å². The van der Waals surface area contributed by atoms with Gasteiger partial charge in [0.05, 0.1) is 6.54 Å². The molecule has 0 saturated heterocycles. The van der Waals surface area contributed by atoms with Crippen molar-refractivity contribution in [2.75, 3.05) is 19.9 Å². The van der Waals surface area contributed by atoms with Gasteiger partial charge in [-0.1, -0.05) is 36.4 Å². The summed E-state index contributed by atoms with van der Waals surface area (Å²) in [7, 11) is 0. The molecule has 6 nitrogen and oxygen atoms in total. The van der Waals surface area contributed by atoms with E-state index >= 15 is 0 Å². The first kappa shape index (κ1) is 21.0. The highest BCUT2D eigenvalue weighted by molar-refractivity contribution is 5.91. The molecule has 0 spiro atoms. The van der Waals surface area contributed by atoms with Crippen molar-refractivity contribution < 1.29 is 18.7 Å². The molecule has 0 saturated carbocycles. The fourth-order valence-electron chi connectivity index (χ4n) is 3.77. The van der Waals surface area contributed by atoms with E-state index in [0.29, 0.717) is 31.9 Å². The number of ether oxygens (including phenoxy) is 2. The van der Waals surface area contributed by atoms with Crippen molar-refractivity contribution in [3.63, 3.8) is 0 Å². The molecule has 2 aromatic carbocycles. The first-order chi connectivity index (χ1) is 15.2. The average molecular weight is 421 g/mol. The molecule has 0 fully saturated rings. The van der Waals surface area contributed by atoms with Crippen LogP contribution in [0.5, 0.6) is 11.5 Å². The minimum absolute atomic E-state index is 0.0679. The number of nitrogens with zero attached hydrogens (tertiary/aromatic N) is 2.